The molecule has 0 amide bonds. The van der Waals surface area contributed by atoms with E-state index in [9.17, 15) is 5.41 Å². The number of ether oxygens (including phenoxy) is 20. The first kappa shape index (κ1) is 108. The lowest BCUT2D eigenvalue weighted by molar-refractivity contribution is -0.407. The van der Waals surface area contributed by atoms with E-state index in [1.807, 2.05) is 364 Å². The van der Waals surface area contributed by atoms with E-state index in [4.69, 9.17) is 134 Å². The number of rotatable bonds is 52. The molecule has 0 aromatic heterocycles. The first-order valence-corrected chi connectivity index (χ1v) is 53.5. The van der Waals surface area contributed by atoms with Gasteiger partial charge < -0.3 is 99.2 Å². The lowest BCUT2D eigenvalue weighted by Crippen LogP contribution is -2.69. The Labute approximate surface area is 869 Å². The Kier molecular flexibility index (Phi) is 41.5. The highest BCUT2D eigenvalue weighted by Crippen LogP contribution is 2.46. The predicted octanol–water partition coefficient (Wildman–Crippen LogP) is 23.5. The van der Waals surface area contributed by atoms with Gasteiger partial charge in [0.1, 0.15) is 97.7 Å². The molecular formula is C119H134Cl3NO21Si. The quantitative estimate of drug-likeness (QED) is 0.0162. The lowest BCUT2D eigenvalue weighted by Gasteiger charge is -2.52. The van der Waals surface area contributed by atoms with Crippen LogP contribution in [0.1, 0.15) is 108 Å². The molecule has 22 nitrogen and oxygen atoms in total. The van der Waals surface area contributed by atoms with Crippen LogP contribution in [0.25, 0.3) is 0 Å². The Hall–Kier alpha value is -9.60. The summed E-state index contributed by atoms with van der Waals surface area (Å²) in [6, 6.07) is 119. The maximum Gasteiger partial charge on any atom is 0.265 e. The molecular weight excluding hydrogens is 1910 g/mol. The summed E-state index contributed by atoms with van der Waals surface area (Å²) >= 11 is 20.0. The zero-order valence-corrected chi connectivity index (χ0v) is 86.2. The Bertz CT molecular complexity index is 5630. The summed E-state index contributed by atoms with van der Waals surface area (Å²) in [5.41, 5.74) is 10.7. The number of hydrogen-bond donors (Lipinski definition) is 1. The van der Waals surface area contributed by atoms with Gasteiger partial charge in [-0.2, -0.15) is 0 Å². The second-order valence-corrected chi connectivity index (χ2v) is 45.6. The number of hydrogen-bond acceptors (Lipinski definition) is 22. The molecule has 1 N–H and O–H groups in total. The van der Waals surface area contributed by atoms with Gasteiger partial charge in [0.25, 0.3) is 3.79 Å². The van der Waals surface area contributed by atoms with Crippen LogP contribution < -0.4 is 0 Å². The van der Waals surface area contributed by atoms with Crippen molar-refractivity contribution in [3.05, 3.63) is 431 Å². The first-order chi connectivity index (χ1) is 70.9. The molecule has 16 rings (SSSR count). The fraction of sp³-hybridized carbons (Fsp3) is 0.387. The SMILES string of the molecule is CC(C)[Si](OC[C@H]1O[C@H](O[C@@H]2[C@@H](OC[C@H]3OC(OC(=N)C(Cl)(Cl)Cl)[C@@H](OCc4ccccc4)[C@@H](OCc4ccccc4)[C@@H]3OCc3ccccc3)O[C@H](COCc3ccccc3)[C@@H](OCc3ccccc3)[C@@H]2OCc2ccccc2)[C@@H](O[C@H]2O[C@H](COCc3ccccc3)[C@@H](OCc3ccccc3)[C@H](OCc3ccccc3)[C@@H]2OCc2ccccc2)[C@@H](OCc2ccccc2)[C@@H]1OCc1ccccc1)(C(C)C)C(C)C. The molecule has 0 saturated carbocycles. The molecule has 20 atom stereocenters. The Morgan fingerprint density at radius 3 is 0.683 bits per heavy atom. The van der Waals surface area contributed by atoms with Crippen LogP contribution in [0.2, 0.25) is 16.6 Å². The molecule has 26 heteroatoms. The second-order valence-electron chi connectivity index (χ2n) is 37.9. The van der Waals surface area contributed by atoms with Crippen molar-refractivity contribution in [2.45, 2.75) is 264 Å². The summed E-state index contributed by atoms with van der Waals surface area (Å²) in [4.78, 5) is 0. The molecule has 12 aromatic carbocycles. The van der Waals surface area contributed by atoms with Gasteiger partial charge in [0.2, 0.25) is 12.2 Å². The van der Waals surface area contributed by atoms with E-state index in [1.54, 1.807) is 0 Å². The summed E-state index contributed by atoms with van der Waals surface area (Å²) in [6.45, 7) is 14.0. The number of alkyl halides is 3. The molecule has 4 aliphatic rings. The highest BCUT2D eigenvalue weighted by molar-refractivity contribution is 6.77. The van der Waals surface area contributed by atoms with Crippen LogP contribution in [-0.4, -0.2) is 167 Å². The molecule has 4 fully saturated rings. The standard InChI is InChI=1S/C119H134Cl3NO21Si/c1-83(2)145(84(3)4,85(5)6)137-82-101-105(129-72-91-53-29-12-30-54-91)109(133-76-95-61-37-16-38-62-95)113(143-115-110(134-77-96-63-39-17-40-64-96)106(130-73-92-55-31-13-32-56-92)102(126-69-88-47-23-9-24-48-88)99(139-115)80-125-68-87-45-21-8-22-46-87)117(141-101)142-112-108(132-75-94-59-35-15-36-60-94)103(127-70-89-49-25-10-26-50-89)98(79-124-67-86-43-19-7-20-44-86)138-114(112)136-81-100-104(128-71-90-51-27-11-28-52-90)107(131-74-93-57-33-14-34-58-93)111(135-78-97-65-41-18-42-66-97)116(140-100)144-118(123)119(120,121)122/h7-66,83-85,98-117,123H,67-82H2,1-6H3/t98-,99-,100-,101-,102-,103-,104-,105-,106+,107+,108+,109+,110+,111+,112+,113+,114+,115-,116?,117-/m1/s1. The maximum absolute atomic E-state index is 9.38. The minimum atomic E-state index is -2.88. The van der Waals surface area contributed by atoms with Gasteiger partial charge in [0.15, 0.2) is 27.2 Å². The average Bonchev–Trinajstić information content (AvgIpc) is 0.750. The average molecular weight is 2050 g/mol. The summed E-state index contributed by atoms with van der Waals surface area (Å²) in [7, 11) is -2.88. The third kappa shape index (κ3) is 31.1. The van der Waals surface area contributed by atoms with Crippen LogP contribution in [0.4, 0.5) is 0 Å². The fourth-order valence-electron chi connectivity index (χ4n) is 19.5. The van der Waals surface area contributed by atoms with Gasteiger partial charge in [-0.05, 0) is 83.4 Å². The van der Waals surface area contributed by atoms with Crippen LogP contribution in [0.5, 0.6) is 0 Å². The van der Waals surface area contributed by atoms with Gasteiger partial charge in [0.05, 0.1) is 106 Å². The monoisotopic (exact) mass is 2050 g/mol. The van der Waals surface area contributed by atoms with Crippen LogP contribution in [0.3, 0.4) is 0 Å². The van der Waals surface area contributed by atoms with Crippen molar-refractivity contribution in [3.8, 4) is 0 Å². The zero-order chi connectivity index (χ0) is 100. The summed E-state index contributed by atoms with van der Waals surface area (Å²) in [5, 5.41) is 9.38. The molecule has 4 saturated heterocycles. The van der Waals surface area contributed by atoms with Crippen molar-refractivity contribution in [1.29, 1.82) is 5.41 Å². The second kappa shape index (κ2) is 55.6. The molecule has 12 aromatic rings. The van der Waals surface area contributed by atoms with Crippen molar-refractivity contribution in [1.82, 2.24) is 0 Å². The molecule has 1 unspecified atom stereocenters. The Morgan fingerprint density at radius 1 is 0.234 bits per heavy atom. The molecule has 0 spiro atoms. The molecule has 766 valence electrons. The fourth-order valence-corrected chi connectivity index (χ4v) is 25.1. The summed E-state index contributed by atoms with van der Waals surface area (Å²) in [6.07, 6.45) is -24.6. The van der Waals surface area contributed by atoms with Crippen LogP contribution in [0.15, 0.2) is 364 Å². The molecule has 4 heterocycles. The van der Waals surface area contributed by atoms with Crippen molar-refractivity contribution in [2.75, 3.05) is 26.4 Å². The molecule has 145 heavy (non-hydrogen) atoms. The maximum atomic E-state index is 9.38. The third-order valence-electron chi connectivity index (χ3n) is 26.7. The van der Waals surface area contributed by atoms with E-state index in [-0.39, 0.29) is 116 Å². The largest absolute Gasteiger partial charge is 0.445 e. The van der Waals surface area contributed by atoms with Crippen LogP contribution in [-0.2, 0) is 178 Å². The van der Waals surface area contributed by atoms with Gasteiger partial charge in [0, 0.05) is 0 Å². The molecule has 0 aliphatic carbocycles. The molecule has 0 radical (unpaired) electrons. The van der Waals surface area contributed by atoms with E-state index in [2.05, 4.69) is 41.5 Å². The highest BCUT2D eigenvalue weighted by Gasteiger charge is 2.60. The van der Waals surface area contributed by atoms with E-state index in [1.165, 1.54) is 0 Å². The Morgan fingerprint density at radius 2 is 0.428 bits per heavy atom. The Balaban J connectivity index is 0.902. The van der Waals surface area contributed by atoms with E-state index < -0.39 is 147 Å². The van der Waals surface area contributed by atoms with Crippen LogP contribution in [0, 0.1) is 5.41 Å². The van der Waals surface area contributed by atoms with Crippen molar-refractivity contribution < 1.29 is 99.2 Å². The van der Waals surface area contributed by atoms with Gasteiger partial charge in [-0.15, -0.1) is 0 Å². The first-order valence-electron chi connectivity index (χ1n) is 50.2. The van der Waals surface area contributed by atoms with E-state index in [0.717, 1.165) is 66.8 Å². The number of benzene rings is 12. The van der Waals surface area contributed by atoms with Gasteiger partial charge in [-0.3, -0.25) is 5.41 Å². The summed E-state index contributed by atoms with van der Waals surface area (Å²) in [5.74, 6) is -0.758. The topological polar surface area (TPSA) is 218 Å². The minimum absolute atomic E-state index is 0.00456. The number of halogens is 3. The van der Waals surface area contributed by atoms with E-state index in [0.29, 0.717) is 0 Å². The minimum Gasteiger partial charge on any atom is -0.445 e. The third-order valence-corrected chi connectivity index (χ3v) is 33.3. The summed E-state index contributed by atoms with van der Waals surface area (Å²) < 4.78 is 157. The van der Waals surface area contributed by atoms with Crippen molar-refractivity contribution in [2.24, 2.45) is 0 Å². The molecule has 4 aliphatic heterocycles. The van der Waals surface area contributed by atoms with E-state index >= 15 is 0 Å². The zero-order valence-electron chi connectivity index (χ0n) is 82.9. The smallest absolute Gasteiger partial charge is 0.265 e. The van der Waals surface area contributed by atoms with Crippen LogP contribution >= 0.6 is 34.8 Å². The van der Waals surface area contributed by atoms with Gasteiger partial charge in [-0.25, -0.2) is 0 Å². The lowest BCUT2D eigenvalue weighted by atomic mass is 9.95. The van der Waals surface area contributed by atoms with Gasteiger partial charge in [-0.1, -0.05) is 440 Å². The number of nitrogens with one attached hydrogen (secondary N) is 1. The van der Waals surface area contributed by atoms with Crippen molar-refractivity contribution in [3.63, 3.8) is 0 Å². The van der Waals surface area contributed by atoms with Crippen molar-refractivity contribution >= 4 is 49.0 Å². The highest BCUT2D eigenvalue weighted by atomic mass is 35.6. The van der Waals surface area contributed by atoms with Gasteiger partial charge >= 0.3 is 0 Å². The normalized spacial score (nSPS) is 24.6. The predicted molar refractivity (Wildman–Crippen MR) is 559 cm³/mol. The molecule has 0 bridgehead atoms.